The lowest BCUT2D eigenvalue weighted by Crippen LogP contribution is -2.36. The second-order valence-corrected chi connectivity index (χ2v) is 6.10. The quantitative estimate of drug-likeness (QED) is 0.833. The van der Waals surface area contributed by atoms with Crippen molar-refractivity contribution in [2.24, 2.45) is 5.92 Å². The van der Waals surface area contributed by atoms with Gasteiger partial charge in [-0.2, -0.15) is 0 Å². The Hall–Kier alpha value is -0.840. The van der Waals surface area contributed by atoms with Crippen LogP contribution in [-0.4, -0.2) is 37.7 Å². The third-order valence-corrected chi connectivity index (χ3v) is 3.94. The molecule has 2 rings (SSSR count). The zero-order chi connectivity index (χ0) is 14.4. The maximum atomic E-state index is 5.67. The van der Waals surface area contributed by atoms with Crippen LogP contribution in [0.2, 0.25) is 0 Å². The van der Waals surface area contributed by atoms with E-state index in [0.717, 1.165) is 51.3 Å². The normalized spacial score (nSPS) is 18.0. The molecule has 1 N–H and O–H groups in total. The second-order valence-electron chi connectivity index (χ2n) is 6.10. The van der Waals surface area contributed by atoms with E-state index < -0.39 is 0 Å². The van der Waals surface area contributed by atoms with Gasteiger partial charge in [0.2, 0.25) is 0 Å². The summed E-state index contributed by atoms with van der Waals surface area (Å²) in [4.78, 5) is 2.46. The van der Waals surface area contributed by atoms with E-state index in [2.05, 4.69) is 30.1 Å². The highest BCUT2D eigenvalue weighted by Crippen LogP contribution is 2.18. The Bertz CT molecular complexity index is 382. The first-order valence-electron chi connectivity index (χ1n) is 7.70. The summed E-state index contributed by atoms with van der Waals surface area (Å²) in [7, 11) is 1.81. The SMILES string of the molecule is COC1CCN(Cc2occc2CNCC(C)C)CC1. The number of likely N-dealkylation sites (tertiary alicyclic amines) is 1. The van der Waals surface area contributed by atoms with Crippen LogP contribution in [0, 0.1) is 5.92 Å². The van der Waals surface area contributed by atoms with Crippen LogP contribution >= 0.6 is 0 Å². The highest BCUT2D eigenvalue weighted by molar-refractivity contribution is 5.16. The Labute approximate surface area is 122 Å². The van der Waals surface area contributed by atoms with Gasteiger partial charge in [-0.1, -0.05) is 13.8 Å². The number of hydrogen-bond acceptors (Lipinski definition) is 4. The van der Waals surface area contributed by atoms with Crippen molar-refractivity contribution >= 4 is 0 Å². The van der Waals surface area contributed by atoms with E-state index in [9.17, 15) is 0 Å². The molecule has 4 heteroatoms. The number of furan rings is 1. The molecule has 0 aliphatic carbocycles. The molecule has 4 nitrogen and oxygen atoms in total. The predicted octanol–water partition coefficient (Wildman–Crippen LogP) is 2.64. The molecule has 0 saturated carbocycles. The molecule has 1 fully saturated rings. The minimum atomic E-state index is 0.440. The number of methoxy groups -OCH3 is 1. The molecular formula is C16H28N2O2. The maximum Gasteiger partial charge on any atom is 0.122 e. The number of hydrogen-bond donors (Lipinski definition) is 1. The van der Waals surface area contributed by atoms with Gasteiger partial charge in [-0.25, -0.2) is 0 Å². The van der Waals surface area contributed by atoms with Crippen molar-refractivity contribution in [3.8, 4) is 0 Å². The van der Waals surface area contributed by atoms with Crippen LogP contribution in [-0.2, 0) is 17.8 Å². The fraction of sp³-hybridized carbons (Fsp3) is 0.750. The lowest BCUT2D eigenvalue weighted by molar-refractivity contribution is 0.0369. The molecular weight excluding hydrogens is 252 g/mol. The van der Waals surface area contributed by atoms with Crippen LogP contribution < -0.4 is 5.32 Å². The van der Waals surface area contributed by atoms with Crippen molar-refractivity contribution in [1.29, 1.82) is 0 Å². The zero-order valence-corrected chi connectivity index (χ0v) is 13.0. The minimum Gasteiger partial charge on any atom is -0.468 e. The Kier molecular flexibility index (Phi) is 6.07. The largest absolute Gasteiger partial charge is 0.468 e. The van der Waals surface area contributed by atoms with Crippen LogP contribution in [0.5, 0.6) is 0 Å². The van der Waals surface area contributed by atoms with Crippen molar-refractivity contribution in [3.05, 3.63) is 23.7 Å². The molecule has 1 aromatic heterocycles. The van der Waals surface area contributed by atoms with Crippen molar-refractivity contribution in [2.75, 3.05) is 26.7 Å². The molecule has 20 heavy (non-hydrogen) atoms. The molecule has 1 saturated heterocycles. The third-order valence-electron chi connectivity index (χ3n) is 3.94. The predicted molar refractivity (Wildman–Crippen MR) is 80.6 cm³/mol. The number of rotatable bonds is 7. The van der Waals surface area contributed by atoms with E-state index >= 15 is 0 Å². The van der Waals surface area contributed by atoms with Crippen LogP contribution in [0.25, 0.3) is 0 Å². The van der Waals surface area contributed by atoms with E-state index in [-0.39, 0.29) is 0 Å². The maximum absolute atomic E-state index is 5.67. The van der Waals surface area contributed by atoms with E-state index in [1.54, 1.807) is 0 Å². The zero-order valence-electron chi connectivity index (χ0n) is 13.0. The third kappa shape index (κ3) is 4.62. The van der Waals surface area contributed by atoms with Gasteiger partial charge in [0, 0.05) is 32.3 Å². The Morgan fingerprint density at radius 1 is 1.40 bits per heavy atom. The minimum absolute atomic E-state index is 0.440. The molecule has 1 aliphatic heterocycles. The fourth-order valence-electron chi connectivity index (χ4n) is 2.66. The van der Waals surface area contributed by atoms with Crippen molar-refractivity contribution in [3.63, 3.8) is 0 Å². The molecule has 0 spiro atoms. The first-order valence-corrected chi connectivity index (χ1v) is 7.70. The Morgan fingerprint density at radius 3 is 2.80 bits per heavy atom. The molecule has 1 aromatic rings. The summed E-state index contributed by atoms with van der Waals surface area (Å²) >= 11 is 0. The summed E-state index contributed by atoms with van der Waals surface area (Å²) < 4.78 is 11.1. The van der Waals surface area contributed by atoms with Gasteiger partial charge in [0.25, 0.3) is 0 Å². The molecule has 2 heterocycles. The summed E-state index contributed by atoms with van der Waals surface area (Å²) in [5, 5.41) is 3.48. The van der Waals surface area contributed by atoms with Gasteiger partial charge in [0.05, 0.1) is 18.9 Å². The van der Waals surface area contributed by atoms with Gasteiger partial charge in [-0.15, -0.1) is 0 Å². The molecule has 0 radical (unpaired) electrons. The van der Waals surface area contributed by atoms with Crippen LogP contribution in [0.4, 0.5) is 0 Å². The van der Waals surface area contributed by atoms with Gasteiger partial charge in [0.1, 0.15) is 5.76 Å². The number of nitrogens with one attached hydrogen (secondary N) is 1. The fourth-order valence-corrected chi connectivity index (χ4v) is 2.66. The van der Waals surface area contributed by atoms with Crippen molar-refractivity contribution in [2.45, 2.75) is 45.9 Å². The summed E-state index contributed by atoms with van der Waals surface area (Å²) in [6.07, 6.45) is 4.50. The van der Waals surface area contributed by atoms with Gasteiger partial charge in [-0.3, -0.25) is 4.90 Å². The second kappa shape index (κ2) is 7.81. The summed E-state index contributed by atoms with van der Waals surface area (Å²) in [6.45, 7) is 9.51. The van der Waals surface area contributed by atoms with E-state index in [4.69, 9.17) is 9.15 Å². The first kappa shape index (κ1) is 15.5. The number of nitrogens with zero attached hydrogens (tertiary/aromatic N) is 1. The van der Waals surface area contributed by atoms with Gasteiger partial charge < -0.3 is 14.5 Å². The van der Waals surface area contributed by atoms with E-state index in [0.29, 0.717) is 12.0 Å². The highest BCUT2D eigenvalue weighted by atomic mass is 16.5. The molecule has 1 aliphatic rings. The average Bonchev–Trinajstić information content (AvgIpc) is 2.87. The standard InChI is InChI=1S/C16H28N2O2/c1-13(2)10-17-11-14-6-9-20-16(14)12-18-7-4-15(19-3)5-8-18/h6,9,13,15,17H,4-5,7-8,10-12H2,1-3H3. The smallest absolute Gasteiger partial charge is 0.122 e. The Morgan fingerprint density at radius 2 is 2.15 bits per heavy atom. The van der Waals surface area contributed by atoms with Crippen LogP contribution in [0.15, 0.2) is 16.7 Å². The molecule has 0 amide bonds. The number of ether oxygens (including phenoxy) is 1. The lowest BCUT2D eigenvalue weighted by atomic mass is 10.1. The van der Waals surface area contributed by atoms with Gasteiger partial charge in [-0.05, 0) is 31.4 Å². The van der Waals surface area contributed by atoms with Crippen molar-refractivity contribution in [1.82, 2.24) is 10.2 Å². The molecule has 0 aromatic carbocycles. The molecule has 0 atom stereocenters. The van der Waals surface area contributed by atoms with Gasteiger partial charge in [0.15, 0.2) is 0 Å². The van der Waals surface area contributed by atoms with Crippen molar-refractivity contribution < 1.29 is 9.15 Å². The summed E-state index contributed by atoms with van der Waals surface area (Å²) in [6, 6.07) is 2.09. The molecule has 0 unspecified atom stereocenters. The molecule has 114 valence electrons. The summed E-state index contributed by atoms with van der Waals surface area (Å²) in [5.41, 5.74) is 1.29. The monoisotopic (exact) mass is 280 g/mol. The van der Waals surface area contributed by atoms with Crippen LogP contribution in [0.3, 0.4) is 0 Å². The first-order chi connectivity index (χ1) is 9.69. The molecule has 0 bridgehead atoms. The van der Waals surface area contributed by atoms with Gasteiger partial charge >= 0.3 is 0 Å². The average molecular weight is 280 g/mol. The van der Waals surface area contributed by atoms with E-state index in [1.165, 1.54) is 5.56 Å². The highest BCUT2D eigenvalue weighted by Gasteiger charge is 2.20. The topological polar surface area (TPSA) is 37.6 Å². The van der Waals surface area contributed by atoms with Crippen LogP contribution in [0.1, 0.15) is 38.0 Å². The summed E-state index contributed by atoms with van der Waals surface area (Å²) in [5.74, 6) is 1.79. The van der Waals surface area contributed by atoms with E-state index in [1.807, 2.05) is 13.4 Å². The lowest BCUT2D eigenvalue weighted by Gasteiger charge is -2.30. The number of piperidine rings is 1. The Balaban J connectivity index is 1.80.